The Morgan fingerprint density at radius 3 is 2.96 bits per heavy atom. The van der Waals surface area contributed by atoms with Crippen molar-refractivity contribution >= 4 is 23.6 Å². The van der Waals surface area contributed by atoms with E-state index in [0.29, 0.717) is 31.8 Å². The van der Waals surface area contributed by atoms with Crippen molar-refractivity contribution in [2.75, 3.05) is 38.5 Å². The summed E-state index contributed by atoms with van der Waals surface area (Å²) in [7, 11) is 0. The first-order valence-electron chi connectivity index (χ1n) is 8.82. The second-order valence-corrected chi connectivity index (χ2v) is 7.91. The summed E-state index contributed by atoms with van der Waals surface area (Å²) in [4.78, 5) is 32.6. The Kier molecular flexibility index (Phi) is 5.96. The number of nitrogens with zero attached hydrogens (tertiary/aromatic N) is 3. The number of hydrogen-bond donors (Lipinski definition) is 1. The third-order valence-corrected chi connectivity index (χ3v) is 6.04. The number of aliphatic hydroxyl groups is 1. The number of aromatic nitrogens is 1. The first kappa shape index (κ1) is 18.2. The van der Waals surface area contributed by atoms with Crippen LogP contribution < -0.4 is 0 Å². The first-order chi connectivity index (χ1) is 12.1. The Balaban J connectivity index is 1.58. The van der Waals surface area contributed by atoms with Gasteiger partial charge in [0.05, 0.1) is 17.4 Å². The Hall–Kier alpha value is -1.60. The molecule has 136 valence electrons. The highest BCUT2D eigenvalue weighted by molar-refractivity contribution is 7.99. The molecule has 2 amide bonds. The van der Waals surface area contributed by atoms with E-state index in [1.807, 2.05) is 23.1 Å². The van der Waals surface area contributed by atoms with Crippen LogP contribution in [0.15, 0.2) is 29.4 Å². The minimum Gasteiger partial charge on any atom is -0.395 e. The average molecular weight is 363 g/mol. The van der Waals surface area contributed by atoms with E-state index in [1.54, 1.807) is 11.1 Å². The maximum Gasteiger partial charge on any atom is 0.233 e. The molecule has 2 aliphatic rings. The fourth-order valence-corrected chi connectivity index (χ4v) is 4.60. The number of rotatable bonds is 5. The second-order valence-electron chi connectivity index (χ2n) is 6.91. The monoisotopic (exact) mass is 363 g/mol. The van der Waals surface area contributed by atoms with Crippen molar-refractivity contribution in [3.8, 4) is 0 Å². The number of thioether (sulfide) groups is 1. The average Bonchev–Trinajstić information content (AvgIpc) is 2.64. The van der Waals surface area contributed by atoms with Gasteiger partial charge >= 0.3 is 0 Å². The highest BCUT2D eigenvalue weighted by atomic mass is 32.2. The Bertz CT molecular complexity index is 613. The van der Waals surface area contributed by atoms with Crippen LogP contribution in [0.5, 0.6) is 0 Å². The lowest BCUT2D eigenvalue weighted by Gasteiger charge is -2.48. The SMILES string of the molecule is O=C1CCC2(CCCN(C(=O)CSc3ccccn3)C2)CN1CCO. The van der Waals surface area contributed by atoms with Crippen molar-refractivity contribution in [3.63, 3.8) is 0 Å². The third-order valence-electron chi connectivity index (χ3n) is 5.11. The van der Waals surface area contributed by atoms with Gasteiger partial charge in [0.1, 0.15) is 0 Å². The Labute approximate surface area is 152 Å². The van der Waals surface area contributed by atoms with Crippen molar-refractivity contribution in [2.45, 2.75) is 30.7 Å². The van der Waals surface area contributed by atoms with E-state index < -0.39 is 0 Å². The van der Waals surface area contributed by atoms with Crippen LogP contribution in [-0.2, 0) is 9.59 Å². The molecule has 1 aromatic heterocycles. The van der Waals surface area contributed by atoms with E-state index >= 15 is 0 Å². The van der Waals surface area contributed by atoms with Crippen LogP contribution >= 0.6 is 11.8 Å². The van der Waals surface area contributed by atoms with Gasteiger partial charge in [-0.2, -0.15) is 0 Å². The molecular formula is C18H25N3O3S. The Morgan fingerprint density at radius 1 is 1.32 bits per heavy atom. The summed E-state index contributed by atoms with van der Waals surface area (Å²) >= 11 is 1.47. The summed E-state index contributed by atoms with van der Waals surface area (Å²) in [5, 5.41) is 10.0. The van der Waals surface area contributed by atoms with Gasteiger partial charge in [0.15, 0.2) is 0 Å². The van der Waals surface area contributed by atoms with E-state index in [-0.39, 0.29) is 23.8 Å². The van der Waals surface area contributed by atoms with Gasteiger partial charge in [-0.1, -0.05) is 17.8 Å². The number of β-amino-alcohol motifs (C(OH)–C–C–N with tert-alkyl or cyclic N) is 1. The smallest absolute Gasteiger partial charge is 0.233 e. The number of pyridine rings is 1. The zero-order valence-corrected chi connectivity index (χ0v) is 15.2. The normalized spacial score (nSPS) is 24.0. The highest BCUT2D eigenvalue weighted by Gasteiger charge is 2.42. The molecule has 1 spiro atoms. The number of likely N-dealkylation sites (tertiary alicyclic amines) is 2. The third kappa shape index (κ3) is 4.52. The lowest BCUT2D eigenvalue weighted by molar-refractivity contribution is -0.142. The number of carbonyl (C=O) groups excluding carboxylic acids is 2. The van der Waals surface area contributed by atoms with E-state index in [0.717, 1.165) is 30.8 Å². The highest BCUT2D eigenvalue weighted by Crippen LogP contribution is 2.39. The zero-order valence-electron chi connectivity index (χ0n) is 14.4. The maximum atomic E-state index is 12.6. The molecule has 0 aliphatic carbocycles. The molecule has 3 rings (SSSR count). The van der Waals surface area contributed by atoms with Gasteiger partial charge < -0.3 is 14.9 Å². The van der Waals surface area contributed by atoms with E-state index in [4.69, 9.17) is 0 Å². The molecule has 0 saturated carbocycles. The molecule has 7 heteroatoms. The van der Waals surface area contributed by atoms with Gasteiger partial charge in [0.25, 0.3) is 0 Å². The van der Waals surface area contributed by atoms with E-state index in [9.17, 15) is 14.7 Å². The topological polar surface area (TPSA) is 73.7 Å². The maximum absolute atomic E-state index is 12.6. The van der Waals surface area contributed by atoms with Gasteiger partial charge in [-0.3, -0.25) is 9.59 Å². The molecule has 1 atom stereocenters. The molecule has 1 unspecified atom stereocenters. The number of piperidine rings is 2. The van der Waals surface area contributed by atoms with Crippen LogP contribution in [0.25, 0.3) is 0 Å². The molecule has 0 radical (unpaired) electrons. The quantitative estimate of drug-likeness (QED) is 0.801. The number of aliphatic hydroxyl groups excluding tert-OH is 1. The minimum atomic E-state index is -0.00875. The van der Waals surface area contributed by atoms with Crippen LogP contribution in [0, 0.1) is 5.41 Å². The second kappa shape index (κ2) is 8.19. The van der Waals surface area contributed by atoms with Crippen molar-refractivity contribution in [3.05, 3.63) is 24.4 Å². The largest absolute Gasteiger partial charge is 0.395 e. The number of amides is 2. The standard InChI is InChI=1S/C18H25N3O3S/c22-11-10-21-14-18(7-5-16(21)23)6-3-9-20(13-18)17(24)12-25-15-4-1-2-8-19-15/h1-2,4,8,22H,3,5-7,9-14H2. The lowest BCUT2D eigenvalue weighted by atomic mass is 9.73. The summed E-state index contributed by atoms with van der Waals surface area (Å²) in [5.41, 5.74) is -0.00729. The van der Waals surface area contributed by atoms with Crippen LogP contribution in [-0.4, -0.2) is 70.2 Å². The van der Waals surface area contributed by atoms with Crippen molar-refractivity contribution < 1.29 is 14.7 Å². The fraction of sp³-hybridized carbons (Fsp3) is 0.611. The molecule has 2 fully saturated rings. The fourth-order valence-electron chi connectivity index (χ4n) is 3.84. The molecule has 6 nitrogen and oxygen atoms in total. The summed E-state index contributed by atoms with van der Waals surface area (Å²) < 4.78 is 0. The van der Waals surface area contributed by atoms with Crippen LogP contribution in [0.4, 0.5) is 0 Å². The van der Waals surface area contributed by atoms with Gasteiger partial charge in [-0.25, -0.2) is 4.98 Å². The molecule has 0 aromatic carbocycles. The van der Waals surface area contributed by atoms with Crippen molar-refractivity contribution in [1.29, 1.82) is 0 Å². The zero-order chi connectivity index (χ0) is 17.7. The van der Waals surface area contributed by atoms with E-state index in [2.05, 4.69) is 4.98 Å². The van der Waals surface area contributed by atoms with Crippen LogP contribution in [0.3, 0.4) is 0 Å². The lowest BCUT2D eigenvalue weighted by Crippen LogP contribution is -2.55. The molecule has 2 saturated heterocycles. The van der Waals surface area contributed by atoms with Gasteiger partial charge in [-0.15, -0.1) is 0 Å². The molecule has 1 N–H and O–H groups in total. The van der Waals surface area contributed by atoms with Gasteiger partial charge in [-0.05, 0) is 31.4 Å². The molecule has 2 aliphatic heterocycles. The minimum absolute atomic E-state index is 0.00729. The first-order valence-corrected chi connectivity index (χ1v) is 9.81. The van der Waals surface area contributed by atoms with Crippen LogP contribution in [0.1, 0.15) is 25.7 Å². The van der Waals surface area contributed by atoms with Crippen molar-refractivity contribution in [2.24, 2.45) is 5.41 Å². The predicted molar refractivity (Wildman–Crippen MR) is 96.1 cm³/mol. The number of carbonyl (C=O) groups is 2. The summed E-state index contributed by atoms with van der Waals surface area (Å²) in [6, 6.07) is 5.70. The molecule has 3 heterocycles. The van der Waals surface area contributed by atoms with Gasteiger partial charge in [0.2, 0.25) is 11.8 Å². The van der Waals surface area contributed by atoms with E-state index in [1.165, 1.54) is 11.8 Å². The molecule has 1 aromatic rings. The molecule has 0 bridgehead atoms. The summed E-state index contributed by atoms with van der Waals surface area (Å²) in [6.07, 6.45) is 5.10. The Morgan fingerprint density at radius 2 is 2.20 bits per heavy atom. The predicted octanol–water partition coefficient (Wildman–Crippen LogP) is 1.40. The summed E-state index contributed by atoms with van der Waals surface area (Å²) in [6.45, 7) is 2.54. The molecule has 25 heavy (non-hydrogen) atoms. The summed E-state index contributed by atoms with van der Waals surface area (Å²) in [5.74, 6) is 0.654. The van der Waals surface area contributed by atoms with Crippen LogP contribution in [0.2, 0.25) is 0 Å². The molecular weight excluding hydrogens is 338 g/mol. The van der Waals surface area contributed by atoms with Crippen molar-refractivity contribution in [1.82, 2.24) is 14.8 Å². The number of hydrogen-bond acceptors (Lipinski definition) is 5. The van der Waals surface area contributed by atoms with Gasteiger partial charge in [0, 0.05) is 44.2 Å².